The fraction of sp³-hybridized carbons (Fsp3) is 0.100. The number of benzene rings is 3. The third-order valence-electron chi connectivity index (χ3n) is 4.30. The molecular formula is C20H16O. The highest BCUT2D eigenvalue weighted by atomic mass is 16.3. The molecule has 0 fully saturated rings. The van der Waals surface area contributed by atoms with E-state index in [0.29, 0.717) is 0 Å². The van der Waals surface area contributed by atoms with Gasteiger partial charge in [0.05, 0.1) is 0 Å². The molecule has 3 aromatic carbocycles. The van der Waals surface area contributed by atoms with Crippen molar-refractivity contribution in [3.8, 4) is 11.1 Å². The second kappa shape index (κ2) is 4.87. The van der Waals surface area contributed by atoms with E-state index in [1.165, 1.54) is 22.3 Å². The Hall–Kier alpha value is -2.38. The van der Waals surface area contributed by atoms with E-state index in [0.717, 1.165) is 17.5 Å². The molecule has 21 heavy (non-hydrogen) atoms. The van der Waals surface area contributed by atoms with Crippen LogP contribution in [0.5, 0.6) is 0 Å². The molecule has 1 heteroatoms. The molecule has 0 heterocycles. The molecule has 0 amide bonds. The van der Waals surface area contributed by atoms with Crippen molar-refractivity contribution in [1.82, 2.24) is 0 Å². The SMILES string of the molecule is OC(c1ccccc1)c1cccc2c1Cc1ccccc1-2. The van der Waals surface area contributed by atoms with Crippen LogP contribution >= 0.6 is 0 Å². The summed E-state index contributed by atoms with van der Waals surface area (Å²) in [5.74, 6) is 0. The van der Waals surface area contributed by atoms with Crippen LogP contribution in [-0.4, -0.2) is 5.11 Å². The highest BCUT2D eigenvalue weighted by molar-refractivity contribution is 5.78. The standard InChI is InChI=1S/C20H16O/c21-20(14-7-2-1-3-8-14)18-12-6-11-17-16-10-5-4-9-15(16)13-19(17)18/h1-12,20-21H,13H2. The number of hydrogen-bond donors (Lipinski definition) is 1. The first-order valence-corrected chi connectivity index (χ1v) is 7.27. The Morgan fingerprint density at radius 3 is 2.29 bits per heavy atom. The molecule has 0 saturated carbocycles. The molecule has 3 aromatic rings. The van der Waals surface area contributed by atoms with Crippen molar-refractivity contribution in [3.05, 3.63) is 95.1 Å². The second-order valence-corrected chi connectivity index (χ2v) is 5.52. The van der Waals surface area contributed by atoms with E-state index in [-0.39, 0.29) is 0 Å². The predicted molar refractivity (Wildman–Crippen MR) is 85.2 cm³/mol. The van der Waals surface area contributed by atoms with Gasteiger partial charge >= 0.3 is 0 Å². The fourth-order valence-corrected chi connectivity index (χ4v) is 3.25. The lowest BCUT2D eigenvalue weighted by molar-refractivity contribution is 0.219. The second-order valence-electron chi connectivity index (χ2n) is 5.52. The van der Waals surface area contributed by atoms with Crippen LogP contribution in [0.2, 0.25) is 0 Å². The normalized spacial score (nSPS) is 13.6. The van der Waals surface area contributed by atoms with Crippen molar-refractivity contribution < 1.29 is 5.11 Å². The molecule has 1 aliphatic carbocycles. The van der Waals surface area contributed by atoms with Crippen molar-refractivity contribution in [1.29, 1.82) is 0 Å². The van der Waals surface area contributed by atoms with Gasteiger partial charge in [0.15, 0.2) is 0 Å². The molecule has 1 atom stereocenters. The lowest BCUT2D eigenvalue weighted by Gasteiger charge is -2.15. The van der Waals surface area contributed by atoms with Gasteiger partial charge in [0.2, 0.25) is 0 Å². The maximum absolute atomic E-state index is 10.7. The summed E-state index contributed by atoms with van der Waals surface area (Å²) in [4.78, 5) is 0. The van der Waals surface area contributed by atoms with Crippen molar-refractivity contribution >= 4 is 0 Å². The zero-order chi connectivity index (χ0) is 14.2. The Labute approximate surface area is 124 Å². The molecule has 1 N–H and O–H groups in total. The van der Waals surface area contributed by atoms with Gasteiger partial charge in [0, 0.05) is 0 Å². The molecule has 0 spiro atoms. The van der Waals surface area contributed by atoms with Crippen molar-refractivity contribution in [2.45, 2.75) is 12.5 Å². The van der Waals surface area contributed by atoms with Gasteiger partial charge in [0.1, 0.15) is 6.10 Å². The summed E-state index contributed by atoms with van der Waals surface area (Å²) in [6, 6.07) is 24.6. The molecule has 1 unspecified atom stereocenters. The van der Waals surface area contributed by atoms with E-state index < -0.39 is 6.10 Å². The Bertz CT molecular complexity index is 790. The summed E-state index contributed by atoms with van der Waals surface area (Å²) in [6.07, 6.45) is 0.349. The van der Waals surface area contributed by atoms with Crippen molar-refractivity contribution in [2.24, 2.45) is 0 Å². The number of hydrogen-bond acceptors (Lipinski definition) is 1. The molecule has 102 valence electrons. The first-order valence-electron chi connectivity index (χ1n) is 7.27. The van der Waals surface area contributed by atoms with E-state index in [1.54, 1.807) is 0 Å². The molecule has 4 rings (SSSR count). The molecule has 0 aliphatic heterocycles. The predicted octanol–water partition coefficient (Wildman–Crippen LogP) is 4.34. The quantitative estimate of drug-likeness (QED) is 0.575. The van der Waals surface area contributed by atoms with Crippen LogP contribution in [0.15, 0.2) is 72.8 Å². The van der Waals surface area contributed by atoms with Gasteiger partial charge in [-0.25, -0.2) is 0 Å². The average molecular weight is 272 g/mol. The molecular weight excluding hydrogens is 256 g/mol. The van der Waals surface area contributed by atoms with Crippen LogP contribution in [0.25, 0.3) is 11.1 Å². The summed E-state index contributed by atoms with van der Waals surface area (Å²) in [6.45, 7) is 0. The van der Waals surface area contributed by atoms with Gasteiger partial charge in [-0.2, -0.15) is 0 Å². The molecule has 0 bridgehead atoms. The summed E-state index contributed by atoms with van der Waals surface area (Å²) in [5, 5.41) is 10.7. The van der Waals surface area contributed by atoms with Crippen LogP contribution in [-0.2, 0) is 6.42 Å². The van der Waals surface area contributed by atoms with Crippen LogP contribution in [0.3, 0.4) is 0 Å². The number of fused-ring (bicyclic) bond motifs is 3. The monoisotopic (exact) mass is 272 g/mol. The van der Waals surface area contributed by atoms with E-state index >= 15 is 0 Å². The Morgan fingerprint density at radius 2 is 1.43 bits per heavy atom. The minimum absolute atomic E-state index is 0.560. The van der Waals surface area contributed by atoms with Gasteiger partial charge < -0.3 is 5.11 Å². The first-order chi connectivity index (χ1) is 10.3. The minimum Gasteiger partial charge on any atom is -0.384 e. The first kappa shape index (κ1) is 12.4. The number of aliphatic hydroxyl groups excluding tert-OH is 1. The smallest absolute Gasteiger partial charge is 0.104 e. The molecule has 0 radical (unpaired) electrons. The average Bonchev–Trinajstić information content (AvgIpc) is 2.94. The largest absolute Gasteiger partial charge is 0.384 e. The van der Waals surface area contributed by atoms with Crippen LogP contribution in [0.1, 0.15) is 28.4 Å². The van der Waals surface area contributed by atoms with Gasteiger partial charge in [-0.3, -0.25) is 0 Å². The van der Waals surface area contributed by atoms with Crippen molar-refractivity contribution in [3.63, 3.8) is 0 Å². The Morgan fingerprint density at radius 1 is 0.714 bits per heavy atom. The molecule has 0 aromatic heterocycles. The van der Waals surface area contributed by atoms with Crippen LogP contribution < -0.4 is 0 Å². The molecule has 1 nitrogen and oxygen atoms in total. The van der Waals surface area contributed by atoms with Crippen LogP contribution in [0, 0.1) is 0 Å². The Balaban J connectivity index is 1.83. The minimum atomic E-state index is -0.560. The lowest BCUT2D eigenvalue weighted by atomic mass is 9.94. The summed E-state index contributed by atoms with van der Waals surface area (Å²) in [7, 11) is 0. The third kappa shape index (κ3) is 1.98. The van der Waals surface area contributed by atoms with Crippen molar-refractivity contribution in [2.75, 3.05) is 0 Å². The maximum Gasteiger partial charge on any atom is 0.104 e. The Kier molecular flexibility index (Phi) is 2.87. The zero-order valence-corrected chi connectivity index (χ0v) is 11.7. The zero-order valence-electron chi connectivity index (χ0n) is 11.7. The van der Waals surface area contributed by atoms with Gasteiger partial charge in [-0.05, 0) is 39.8 Å². The number of rotatable bonds is 2. The van der Waals surface area contributed by atoms with E-state index in [9.17, 15) is 5.11 Å². The molecule has 1 aliphatic rings. The van der Waals surface area contributed by atoms with E-state index in [4.69, 9.17) is 0 Å². The summed E-state index contributed by atoms with van der Waals surface area (Å²) >= 11 is 0. The number of aliphatic hydroxyl groups is 1. The van der Waals surface area contributed by atoms with Gasteiger partial charge in [-0.15, -0.1) is 0 Å². The third-order valence-corrected chi connectivity index (χ3v) is 4.30. The highest BCUT2D eigenvalue weighted by Crippen LogP contribution is 2.40. The van der Waals surface area contributed by atoms with Gasteiger partial charge in [0.25, 0.3) is 0 Å². The fourth-order valence-electron chi connectivity index (χ4n) is 3.25. The van der Waals surface area contributed by atoms with Gasteiger partial charge in [-0.1, -0.05) is 72.8 Å². The highest BCUT2D eigenvalue weighted by Gasteiger charge is 2.23. The molecule has 0 saturated heterocycles. The summed E-state index contributed by atoms with van der Waals surface area (Å²) in [5.41, 5.74) is 7.14. The van der Waals surface area contributed by atoms with E-state index in [2.05, 4.69) is 30.3 Å². The topological polar surface area (TPSA) is 20.2 Å². The maximum atomic E-state index is 10.7. The van der Waals surface area contributed by atoms with E-state index in [1.807, 2.05) is 42.5 Å². The summed E-state index contributed by atoms with van der Waals surface area (Å²) < 4.78 is 0. The van der Waals surface area contributed by atoms with Crippen LogP contribution in [0.4, 0.5) is 0 Å². The lowest BCUT2D eigenvalue weighted by Crippen LogP contribution is -2.03.